The molecule has 0 amide bonds. The van der Waals surface area contributed by atoms with E-state index >= 15 is 0 Å². The van der Waals surface area contributed by atoms with Crippen molar-refractivity contribution >= 4 is 5.96 Å². The van der Waals surface area contributed by atoms with Crippen molar-refractivity contribution in [3.05, 3.63) is 53.3 Å². The average Bonchev–Trinajstić information content (AvgIpc) is 2.60. The number of nitrogens with one attached hydrogen (secondary N) is 1. The molecule has 0 radical (unpaired) electrons. The summed E-state index contributed by atoms with van der Waals surface area (Å²) in [4.78, 5) is 4.14. The van der Waals surface area contributed by atoms with Gasteiger partial charge in [-0.15, -0.1) is 0 Å². The SMILES string of the molecule is COc1ccc(CNC(N)=NCc2ccc(O)c(F)c2)cc1OC. The Balaban J connectivity index is 1.94. The van der Waals surface area contributed by atoms with Crippen LogP contribution in [-0.4, -0.2) is 25.3 Å². The molecule has 6 nitrogen and oxygen atoms in total. The topological polar surface area (TPSA) is 89.1 Å². The molecule has 24 heavy (non-hydrogen) atoms. The summed E-state index contributed by atoms with van der Waals surface area (Å²) in [5.74, 6) is 0.448. The molecule has 7 heteroatoms. The zero-order chi connectivity index (χ0) is 17.5. The fourth-order valence-electron chi connectivity index (χ4n) is 2.06. The molecule has 0 atom stereocenters. The first-order chi connectivity index (χ1) is 11.5. The summed E-state index contributed by atoms with van der Waals surface area (Å²) in [5, 5.41) is 12.1. The molecule has 0 unspecified atom stereocenters. The third kappa shape index (κ3) is 4.52. The van der Waals surface area contributed by atoms with Crippen molar-refractivity contribution in [2.75, 3.05) is 14.2 Å². The zero-order valence-electron chi connectivity index (χ0n) is 13.5. The van der Waals surface area contributed by atoms with Crippen LogP contribution in [0.5, 0.6) is 17.2 Å². The lowest BCUT2D eigenvalue weighted by Crippen LogP contribution is -2.31. The maximum Gasteiger partial charge on any atom is 0.189 e. The molecule has 128 valence electrons. The highest BCUT2D eigenvalue weighted by atomic mass is 19.1. The van der Waals surface area contributed by atoms with Crippen molar-refractivity contribution in [2.24, 2.45) is 10.7 Å². The van der Waals surface area contributed by atoms with E-state index in [9.17, 15) is 4.39 Å². The average molecular weight is 333 g/mol. The van der Waals surface area contributed by atoms with E-state index in [1.807, 2.05) is 18.2 Å². The lowest BCUT2D eigenvalue weighted by Gasteiger charge is -2.10. The third-order valence-corrected chi connectivity index (χ3v) is 3.37. The van der Waals surface area contributed by atoms with Crippen LogP contribution in [0.1, 0.15) is 11.1 Å². The van der Waals surface area contributed by atoms with Gasteiger partial charge in [-0.25, -0.2) is 9.38 Å². The van der Waals surface area contributed by atoms with Gasteiger partial charge in [-0.2, -0.15) is 0 Å². The first-order valence-corrected chi connectivity index (χ1v) is 7.25. The van der Waals surface area contributed by atoms with Gasteiger partial charge in [0.1, 0.15) is 0 Å². The smallest absolute Gasteiger partial charge is 0.189 e. The molecular weight excluding hydrogens is 313 g/mol. The van der Waals surface area contributed by atoms with Crippen molar-refractivity contribution in [1.82, 2.24) is 5.32 Å². The Morgan fingerprint density at radius 1 is 1.12 bits per heavy atom. The number of guanidine groups is 1. The molecule has 0 saturated carbocycles. The summed E-state index contributed by atoms with van der Waals surface area (Å²) in [6.45, 7) is 0.668. The second-order valence-corrected chi connectivity index (χ2v) is 5.03. The highest BCUT2D eigenvalue weighted by Gasteiger charge is 2.05. The monoisotopic (exact) mass is 333 g/mol. The molecule has 0 aromatic heterocycles. The molecule has 0 aliphatic heterocycles. The summed E-state index contributed by atoms with van der Waals surface area (Å²) in [6, 6.07) is 9.63. The second-order valence-electron chi connectivity index (χ2n) is 5.03. The van der Waals surface area contributed by atoms with Crippen LogP contribution in [0.3, 0.4) is 0 Å². The van der Waals surface area contributed by atoms with Crippen LogP contribution in [0, 0.1) is 5.82 Å². The van der Waals surface area contributed by atoms with E-state index in [-0.39, 0.29) is 18.3 Å². The van der Waals surface area contributed by atoms with Gasteiger partial charge in [-0.3, -0.25) is 0 Å². The van der Waals surface area contributed by atoms with Crippen LogP contribution in [0.4, 0.5) is 4.39 Å². The van der Waals surface area contributed by atoms with Crippen LogP contribution >= 0.6 is 0 Å². The fraction of sp³-hybridized carbons (Fsp3) is 0.235. The van der Waals surface area contributed by atoms with Gasteiger partial charge in [0.25, 0.3) is 0 Å². The first-order valence-electron chi connectivity index (χ1n) is 7.25. The van der Waals surface area contributed by atoms with Crippen LogP contribution in [0.2, 0.25) is 0 Å². The highest BCUT2D eigenvalue weighted by molar-refractivity contribution is 5.77. The number of methoxy groups -OCH3 is 2. The Hall–Kier alpha value is -2.96. The Morgan fingerprint density at radius 3 is 2.50 bits per heavy atom. The highest BCUT2D eigenvalue weighted by Crippen LogP contribution is 2.27. The van der Waals surface area contributed by atoms with E-state index in [1.54, 1.807) is 20.3 Å². The largest absolute Gasteiger partial charge is 0.505 e. The number of halogens is 1. The first kappa shape index (κ1) is 17.4. The van der Waals surface area contributed by atoms with Gasteiger partial charge in [0, 0.05) is 6.54 Å². The number of aliphatic imine (C=N–C) groups is 1. The van der Waals surface area contributed by atoms with E-state index in [1.165, 1.54) is 12.1 Å². The number of phenolic OH excluding ortho intramolecular Hbond substituents is 1. The predicted octanol–water partition coefficient (Wildman–Crippen LogP) is 2.15. The van der Waals surface area contributed by atoms with Crippen molar-refractivity contribution in [1.29, 1.82) is 0 Å². The molecular formula is C17H20FN3O3. The molecule has 0 heterocycles. The molecule has 2 aromatic carbocycles. The van der Waals surface area contributed by atoms with E-state index in [0.29, 0.717) is 23.6 Å². The molecule has 0 bridgehead atoms. The summed E-state index contributed by atoms with van der Waals surface area (Å²) < 4.78 is 23.7. The number of nitrogens with two attached hydrogens (primary N) is 1. The molecule has 0 aliphatic rings. The summed E-state index contributed by atoms with van der Waals surface area (Å²) in [5.41, 5.74) is 7.36. The molecule has 0 saturated heterocycles. The fourth-order valence-corrected chi connectivity index (χ4v) is 2.06. The van der Waals surface area contributed by atoms with Gasteiger partial charge in [0.2, 0.25) is 0 Å². The number of aromatic hydroxyl groups is 1. The number of hydrogen-bond acceptors (Lipinski definition) is 4. The molecule has 0 aliphatic carbocycles. The summed E-state index contributed by atoms with van der Waals surface area (Å²) in [6.07, 6.45) is 0. The molecule has 0 fully saturated rings. The maximum absolute atomic E-state index is 13.2. The number of benzene rings is 2. The van der Waals surface area contributed by atoms with Crippen LogP contribution in [-0.2, 0) is 13.1 Å². The van der Waals surface area contributed by atoms with Crippen molar-refractivity contribution in [2.45, 2.75) is 13.1 Å². The molecule has 0 spiro atoms. The van der Waals surface area contributed by atoms with Crippen LogP contribution in [0.15, 0.2) is 41.4 Å². The predicted molar refractivity (Wildman–Crippen MR) is 89.8 cm³/mol. The number of nitrogens with zero attached hydrogens (tertiary/aromatic N) is 1. The Labute approximate surface area is 139 Å². The van der Waals surface area contributed by atoms with Gasteiger partial charge in [0.05, 0.1) is 20.8 Å². The van der Waals surface area contributed by atoms with E-state index in [2.05, 4.69) is 10.3 Å². The zero-order valence-corrected chi connectivity index (χ0v) is 13.5. The van der Waals surface area contributed by atoms with E-state index in [0.717, 1.165) is 5.56 Å². The normalized spacial score (nSPS) is 11.2. The number of hydrogen-bond donors (Lipinski definition) is 3. The van der Waals surface area contributed by atoms with Crippen LogP contribution < -0.4 is 20.5 Å². The van der Waals surface area contributed by atoms with E-state index < -0.39 is 5.82 Å². The third-order valence-electron chi connectivity index (χ3n) is 3.37. The van der Waals surface area contributed by atoms with Crippen molar-refractivity contribution < 1.29 is 19.0 Å². The number of rotatable bonds is 6. The molecule has 4 N–H and O–H groups in total. The molecule has 2 aromatic rings. The maximum atomic E-state index is 13.2. The van der Waals surface area contributed by atoms with E-state index in [4.69, 9.17) is 20.3 Å². The summed E-state index contributed by atoms with van der Waals surface area (Å²) in [7, 11) is 3.15. The van der Waals surface area contributed by atoms with Gasteiger partial charge in [0.15, 0.2) is 29.0 Å². The molecule has 2 rings (SSSR count). The van der Waals surface area contributed by atoms with Gasteiger partial charge in [-0.05, 0) is 35.4 Å². The lowest BCUT2D eigenvalue weighted by atomic mass is 10.2. The quantitative estimate of drug-likeness (QED) is 0.557. The van der Waals surface area contributed by atoms with Gasteiger partial charge < -0.3 is 25.6 Å². The number of phenols is 1. The van der Waals surface area contributed by atoms with Crippen LogP contribution in [0.25, 0.3) is 0 Å². The minimum Gasteiger partial charge on any atom is -0.505 e. The Kier molecular flexibility index (Phi) is 5.83. The Morgan fingerprint density at radius 2 is 1.83 bits per heavy atom. The van der Waals surface area contributed by atoms with Gasteiger partial charge in [-0.1, -0.05) is 12.1 Å². The minimum atomic E-state index is -0.681. The second kappa shape index (κ2) is 8.05. The Bertz CT molecular complexity index is 735. The number of ether oxygens (including phenoxy) is 2. The van der Waals surface area contributed by atoms with Crippen molar-refractivity contribution in [3.63, 3.8) is 0 Å². The lowest BCUT2D eigenvalue weighted by molar-refractivity contribution is 0.354. The standard InChI is InChI=1S/C17H20FN3O3/c1-23-15-6-4-12(8-16(15)24-2)10-21-17(19)20-9-11-3-5-14(22)13(18)7-11/h3-8,22H,9-10H2,1-2H3,(H3,19,20,21). The minimum absolute atomic E-state index is 0.210. The van der Waals surface area contributed by atoms with Gasteiger partial charge >= 0.3 is 0 Å². The summed E-state index contributed by atoms with van der Waals surface area (Å²) >= 11 is 0. The van der Waals surface area contributed by atoms with Crippen molar-refractivity contribution in [3.8, 4) is 17.2 Å².